The van der Waals surface area contributed by atoms with Crippen LogP contribution in [0, 0.1) is 6.92 Å². The first-order chi connectivity index (χ1) is 9.49. The standard InChI is InChI=1S/C14H18N4O2/c1-4-14(3,13(19)20)18-12(15-16-17-18)9-11-8-6-5-7-10(11)2/h5-8H,4,9H2,1-3H3,(H,19,20). The van der Waals surface area contributed by atoms with Crippen molar-refractivity contribution in [3.05, 3.63) is 41.2 Å². The number of hydrogen-bond donors (Lipinski definition) is 1. The molecular weight excluding hydrogens is 256 g/mol. The molecule has 0 saturated carbocycles. The Morgan fingerprint density at radius 1 is 1.40 bits per heavy atom. The minimum atomic E-state index is -1.12. The van der Waals surface area contributed by atoms with Crippen LogP contribution < -0.4 is 0 Å². The first-order valence-electron chi connectivity index (χ1n) is 6.54. The number of aromatic nitrogens is 4. The fourth-order valence-electron chi connectivity index (χ4n) is 2.07. The molecule has 1 heterocycles. The highest BCUT2D eigenvalue weighted by atomic mass is 16.4. The average molecular weight is 274 g/mol. The topological polar surface area (TPSA) is 80.9 Å². The molecule has 1 aromatic heterocycles. The van der Waals surface area contributed by atoms with E-state index in [-0.39, 0.29) is 0 Å². The quantitative estimate of drug-likeness (QED) is 0.898. The molecule has 6 nitrogen and oxygen atoms in total. The third-order valence-corrected chi connectivity index (χ3v) is 3.76. The summed E-state index contributed by atoms with van der Waals surface area (Å²) in [5, 5.41) is 20.9. The van der Waals surface area contributed by atoms with Crippen LogP contribution in [-0.4, -0.2) is 31.3 Å². The molecule has 1 atom stereocenters. The summed E-state index contributed by atoms with van der Waals surface area (Å²) in [7, 11) is 0. The van der Waals surface area contributed by atoms with Gasteiger partial charge in [-0.15, -0.1) is 5.10 Å². The first kappa shape index (κ1) is 14.2. The Morgan fingerprint density at radius 3 is 2.70 bits per heavy atom. The molecule has 106 valence electrons. The normalized spacial score (nSPS) is 13.9. The maximum absolute atomic E-state index is 11.5. The lowest BCUT2D eigenvalue weighted by Gasteiger charge is -2.24. The lowest BCUT2D eigenvalue weighted by molar-refractivity contribution is -0.147. The molecule has 1 unspecified atom stereocenters. The lowest BCUT2D eigenvalue weighted by atomic mass is 9.98. The van der Waals surface area contributed by atoms with E-state index in [1.165, 1.54) is 4.68 Å². The monoisotopic (exact) mass is 274 g/mol. The Labute approximate surface area is 117 Å². The van der Waals surface area contributed by atoms with Crippen LogP contribution in [-0.2, 0) is 16.8 Å². The summed E-state index contributed by atoms with van der Waals surface area (Å²) in [5.74, 6) is -0.371. The van der Waals surface area contributed by atoms with E-state index in [9.17, 15) is 9.90 Å². The molecule has 0 aliphatic heterocycles. The molecule has 2 aromatic rings. The van der Waals surface area contributed by atoms with E-state index < -0.39 is 11.5 Å². The van der Waals surface area contributed by atoms with Gasteiger partial charge >= 0.3 is 5.97 Å². The fraction of sp³-hybridized carbons (Fsp3) is 0.429. The van der Waals surface area contributed by atoms with Crippen molar-refractivity contribution in [3.63, 3.8) is 0 Å². The van der Waals surface area contributed by atoms with Crippen LogP contribution in [0.5, 0.6) is 0 Å². The van der Waals surface area contributed by atoms with Gasteiger partial charge in [0, 0.05) is 6.42 Å². The number of benzene rings is 1. The second-order valence-corrected chi connectivity index (χ2v) is 5.04. The van der Waals surface area contributed by atoms with Crippen molar-refractivity contribution in [2.24, 2.45) is 0 Å². The van der Waals surface area contributed by atoms with Crippen molar-refractivity contribution in [3.8, 4) is 0 Å². The molecule has 6 heteroatoms. The maximum atomic E-state index is 11.5. The number of hydrogen-bond acceptors (Lipinski definition) is 4. The summed E-state index contributed by atoms with van der Waals surface area (Å²) < 4.78 is 1.42. The molecule has 20 heavy (non-hydrogen) atoms. The van der Waals surface area contributed by atoms with Gasteiger partial charge in [-0.3, -0.25) is 0 Å². The van der Waals surface area contributed by atoms with Crippen LogP contribution in [0.4, 0.5) is 0 Å². The summed E-state index contributed by atoms with van der Waals surface area (Å²) in [5.41, 5.74) is 1.10. The number of rotatable bonds is 5. The van der Waals surface area contributed by atoms with E-state index in [2.05, 4.69) is 15.5 Å². The zero-order chi connectivity index (χ0) is 14.8. The van der Waals surface area contributed by atoms with Gasteiger partial charge < -0.3 is 5.11 Å². The van der Waals surface area contributed by atoms with E-state index in [1.54, 1.807) is 6.92 Å². The molecule has 2 rings (SSSR count). The Morgan fingerprint density at radius 2 is 2.10 bits per heavy atom. The van der Waals surface area contributed by atoms with E-state index in [1.807, 2.05) is 38.1 Å². The highest BCUT2D eigenvalue weighted by molar-refractivity contribution is 5.76. The summed E-state index contributed by atoms with van der Waals surface area (Å²) in [6.07, 6.45) is 0.927. The molecule has 0 bridgehead atoms. The number of aryl methyl sites for hydroxylation is 1. The third-order valence-electron chi connectivity index (χ3n) is 3.76. The maximum Gasteiger partial charge on any atom is 0.331 e. The van der Waals surface area contributed by atoms with E-state index in [4.69, 9.17) is 0 Å². The molecule has 0 spiro atoms. The summed E-state index contributed by atoms with van der Waals surface area (Å²) in [6.45, 7) is 5.46. The predicted octanol–water partition coefficient (Wildman–Crippen LogP) is 1.78. The summed E-state index contributed by atoms with van der Waals surface area (Å²) in [4.78, 5) is 11.5. The van der Waals surface area contributed by atoms with Gasteiger partial charge in [-0.25, -0.2) is 9.48 Å². The summed E-state index contributed by atoms with van der Waals surface area (Å²) in [6, 6.07) is 7.93. The largest absolute Gasteiger partial charge is 0.479 e. The van der Waals surface area contributed by atoms with Crippen molar-refractivity contribution >= 4 is 5.97 Å². The van der Waals surface area contributed by atoms with Gasteiger partial charge in [-0.05, 0) is 41.8 Å². The van der Waals surface area contributed by atoms with Crippen LogP contribution >= 0.6 is 0 Å². The van der Waals surface area contributed by atoms with Crippen LogP contribution in [0.1, 0.15) is 37.2 Å². The Bertz CT molecular complexity index is 623. The van der Waals surface area contributed by atoms with Crippen LogP contribution in [0.25, 0.3) is 0 Å². The molecule has 0 aliphatic rings. The SMILES string of the molecule is CCC(C)(C(=O)O)n1nnnc1Cc1ccccc1C. The Hall–Kier alpha value is -2.24. The number of tetrazole rings is 1. The smallest absolute Gasteiger partial charge is 0.331 e. The van der Waals surface area contributed by atoms with E-state index in [0.717, 1.165) is 11.1 Å². The van der Waals surface area contributed by atoms with Gasteiger partial charge in [0.2, 0.25) is 0 Å². The molecule has 1 aromatic carbocycles. The van der Waals surface area contributed by atoms with Gasteiger partial charge in [-0.1, -0.05) is 31.2 Å². The zero-order valence-corrected chi connectivity index (χ0v) is 11.9. The second-order valence-electron chi connectivity index (χ2n) is 5.04. The van der Waals surface area contributed by atoms with Crippen LogP contribution in [0.15, 0.2) is 24.3 Å². The molecular formula is C14H18N4O2. The number of carboxylic acids is 1. The number of carbonyl (C=O) groups is 1. The summed E-state index contributed by atoms with van der Waals surface area (Å²) >= 11 is 0. The van der Waals surface area contributed by atoms with E-state index >= 15 is 0 Å². The van der Waals surface area contributed by atoms with Crippen molar-refractivity contribution in [1.29, 1.82) is 0 Å². The molecule has 0 amide bonds. The molecule has 0 fully saturated rings. The minimum absolute atomic E-state index is 0.411. The molecule has 0 saturated heterocycles. The fourth-order valence-corrected chi connectivity index (χ4v) is 2.07. The Kier molecular flexibility index (Phi) is 3.83. The molecule has 0 aliphatic carbocycles. The predicted molar refractivity (Wildman–Crippen MR) is 73.4 cm³/mol. The molecule has 0 radical (unpaired) electrons. The van der Waals surface area contributed by atoms with Gasteiger partial charge in [-0.2, -0.15) is 0 Å². The van der Waals surface area contributed by atoms with Crippen molar-refractivity contribution < 1.29 is 9.90 Å². The average Bonchev–Trinajstić information content (AvgIpc) is 2.89. The van der Waals surface area contributed by atoms with Crippen molar-refractivity contribution in [1.82, 2.24) is 20.2 Å². The third kappa shape index (κ3) is 2.41. The van der Waals surface area contributed by atoms with E-state index in [0.29, 0.717) is 18.7 Å². The zero-order valence-electron chi connectivity index (χ0n) is 11.9. The highest BCUT2D eigenvalue weighted by Crippen LogP contribution is 2.22. The van der Waals surface area contributed by atoms with Crippen molar-refractivity contribution in [2.45, 2.75) is 39.2 Å². The van der Waals surface area contributed by atoms with Crippen LogP contribution in [0.3, 0.4) is 0 Å². The first-order valence-corrected chi connectivity index (χ1v) is 6.54. The number of aliphatic carboxylic acids is 1. The van der Waals surface area contributed by atoms with Gasteiger partial charge in [0.15, 0.2) is 11.4 Å². The number of carboxylic acid groups (broad SMARTS) is 1. The van der Waals surface area contributed by atoms with Crippen molar-refractivity contribution in [2.75, 3.05) is 0 Å². The minimum Gasteiger partial charge on any atom is -0.479 e. The molecule has 1 N–H and O–H groups in total. The van der Waals surface area contributed by atoms with Gasteiger partial charge in [0.1, 0.15) is 0 Å². The highest BCUT2D eigenvalue weighted by Gasteiger charge is 2.36. The van der Waals surface area contributed by atoms with Gasteiger partial charge in [0.25, 0.3) is 0 Å². The lowest BCUT2D eigenvalue weighted by Crippen LogP contribution is -2.40. The number of nitrogens with zero attached hydrogens (tertiary/aromatic N) is 4. The van der Waals surface area contributed by atoms with Gasteiger partial charge in [0.05, 0.1) is 0 Å². The Balaban J connectivity index is 2.39. The van der Waals surface area contributed by atoms with Crippen LogP contribution in [0.2, 0.25) is 0 Å². The second kappa shape index (κ2) is 5.40.